The molecule has 1 aromatic carbocycles. The van der Waals surface area contributed by atoms with Gasteiger partial charge in [0.2, 0.25) is 0 Å². The molecule has 1 saturated carbocycles. The third-order valence-electron chi connectivity index (χ3n) is 4.39. The van der Waals surface area contributed by atoms with Crippen molar-refractivity contribution in [3.63, 3.8) is 0 Å². The summed E-state index contributed by atoms with van der Waals surface area (Å²) in [5.74, 6) is 2.10. The van der Waals surface area contributed by atoms with Crippen LogP contribution in [-0.2, 0) is 0 Å². The predicted molar refractivity (Wildman–Crippen MR) is 69.2 cm³/mol. The summed E-state index contributed by atoms with van der Waals surface area (Å²) < 4.78 is 11.3. The fraction of sp³-hybridized carbons (Fsp3) is 0.600. The van der Waals surface area contributed by atoms with Gasteiger partial charge in [-0.2, -0.15) is 0 Å². The molecule has 18 heavy (non-hydrogen) atoms. The van der Waals surface area contributed by atoms with E-state index in [2.05, 4.69) is 26.0 Å². The van der Waals surface area contributed by atoms with E-state index in [1.807, 2.05) is 6.07 Å². The maximum atomic E-state index is 9.83. The molecule has 1 heterocycles. The third kappa shape index (κ3) is 1.77. The van der Waals surface area contributed by atoms with Crippen molar-refractivity contribution in [2.45, 2.75) is 38.7 Å². The average molecular weight is 248 g/mol. The van der Waals surface area contributed by atoms with Crippen LogP contribution in [0.4, 0.5) is 0 Å². The van der Waals surface area contributed by atoms with Gasteiger partial charge in [-0.15, -0.1) is 0 Å². The van der Waals surface area contributed by atoms with E-state index in [1.54, 1.807) is 0 Å². The minimum Gasteiger partial charge on any atom is -0.490 e. The fourth-order valence-corrected chi connectivity index (χ4v) is 2.86. The second-order valence-corrected chi connectivity index (χ2v) is 5.88. The van der Waals surface area contributed by atoms with Gasteiger partial charge in [0.25, 0.3) is 0 Å². The van der Waals surface area contributed by atoms with Crippen molar-refractivity contribution in [2.75, 3.05) is 13.2 Å². The van der Waals surface area contributed by atoms with Crippen LogP contribution in [-0.4, -0.2) is 24.4 Å². The number of hydrogen-bond donors (Lipinski definition) is 1. The predicted octanol–water partition coefficient (Wildman–Crippen LogP) is 2.72. The number of aliphatic hydroxyl groups excluding tert-OH is 1. The van der Waals surface area contributed by atoms with Gasteiger partial charge in [-0.05, 0) is 35.4 Å². The molecule has 98 valence electrons. The number of aliphatic hydroxyl groups is 1. The summed E-state index contributed by atoms with van der Waals surface area (Å²) in [5, 5.41) is 9.83. The molecule has 0 amide bonds. The zero-order chi connectivity index (χ0) is 12.8. The molecule has 2 unspecified atom stereocenters. The van der Waals surface area contributed by atoms with Crippen LogP contribution in [0.25, 0.3) is 0 Å². The first-order valence-corrected chi connectivity index (χ1v) is 6.66. The summed E-state index contributed by atoms with van der Waals surface area (Å²) in [7, 11) is 0. The Balaban J connectivity index is 1.89. The van der Waals surface area contributed by atoms with Crippen LogP contribution in [0.15, 0.2) is 18.2 Å². The maximum Gasteiger partial charge on any atom is 0.161 e. The summed E-state index contributed by atoms with van der Waals surface area (Å²) in [6.45, 7) is 5.68. The van der Waals surface area contributed by atoms with E-state index in [0.717, 1.165) is 30.9 Å². The number of benzene rings is 1. The Hall–Kier alpha value is -1.22. The summed E-state index contributed by atoms with van der Waals surface area (Å²) in [5.41, 5.74) is 1.20. The lowest BCUT2D eigenvalue weighted by atomic mass is 9.58. The smallest absolute Gasteiger partial charge is 0.161 e. The molecule has 0 aromatic heterocycles. The molecule has 1 aliphatic heterocycles. The minimum atomic E-state index is -0.196. The Labute approximate surface area is 108 Å². The van der Waals surface area contributed by atoms with Crippen molar-refractivity contribution >= 4 is 0 Å². The second kappa shape index (κ2) is 4.16. The monoisotopic (exact) mass is 248 g/mol. The number of rotatable bonds is 1. The average Bonchev–Trinajstić information content (AvgIpc) is 2.60. The van der Waals surface area contributed by atoms with E-state index in [9.17, 15) is 5.11 Å². The highest BCUT2D eigenvalue weighted by atomic mass is 16.5. The fourth-order valence-electron chi connectivity index (χ4n) is 2.86. The minimum absolute atomic E-state index is 0.0418. The molecule has 3 heteroatoms. The molecule has 3 nitrogen and oxygen atoms in total. The topological polar surface area (TPSA) is 38.7 Å². The lowest BCUT2D eigenvalue weighted by Gasteiger charge is -2.49. The molecule has 0 saturated heterocycles. The highest BCUT2D eigenvalue weighted by Gasteiger charge is 2.47. The van der Waals surface area contributed by atoms with E-state index < -0.39 is 0 Å². The van der Waals surface area contributed by atoms with E-state index in [0.29, 0.717) is 12.5 Å². The Kier molecular flexibility index (Phi) is 2.74. The lowest BCUT2D eigenvalue weighted by Crippen LogP contribution is -2.47. The van der Waals surface area contributed by atoms with E-state index >= 15 is 0 Å². The van der Waals surface area contributed by atoms with Crippen LogP contribution in [0.2, 0.25) is 0 Å². The SMILES string of the molecule is CC1(C)C(O)CC1c1ccc2c(c1)OCCCO2. The van der Waals surface area contributed by atoms with Crippen LogP contribution >= 0.6 is 0 Å². The van der Waals surface area contributed by atoms with Crippen molar-refractivity contribution in [1.29, 1.82) is 0 Å². The number of hydrogen-bond acceptors (Lipinski definition) is 3. The summed E-state index contributed by atoms with van der Waals surface area (Å²) in [6, 6.07) is 6.18. The van der Waals surface area contributed by atoms with Crippen LogP contribution in [0.3, 0.4) is 0 Å². The van der Waals surface area contributed by atoms with Gasteiger partial charge in [0.15, 0.2) is 11.5 Å². The van der Waals surface area contributed by atoms with Crippen molar-refractivity contribution in [2.24, 2.45) is 5.41 Å². The van der Waals surface area contributed by atoms with Gasteiger partial charge >= 0.3 is 0 Å². The molecular weight excluding hydrogens is 228 g/mol. The van der Waals surface area contributed by atoms with Gasteiger partial charge < -0.3 is 14.6 Å². The first-order valence-electron chi connectivity index (χ1n) is 6.66. The van der Waals surface area contributed by atoms with Crippen LogP contribution in [0.5, 0.6) is 11.5 Å². The Morgan fingerprint density at radius 1 is 1.17 bits per heavy atom. The molecule has 0 radical (unpaired) electrons. The second-order valence-electron chi connectivity index (χ2n) is 5.88. The zero-order valence-corrected chi connectivity index (χ0v) is 11.0. The largest absolute Gasteiger partial charge is 0.490 e. The Morgan fingerprint density at radius 3 is 2.56 bits per heavy atom. The zero-order valence-electron chi connectivity index (χ0n) is 11.0. The molecule has 2 aliphatic rings. The third-order valence-corrected chi connectivity index (χ3v) is 4.39. The molecule has 1 aliphatic carbocycles. The van der Waals surface area contributed by atoms with Gasteiger partial charge in [0.05, 0.1) is 19.3 Å². The molecule has 2 atom stereocenters. The highest BCUT2D eigenvalue weighted by Crippen LogP contribution is 2.53. The van der Waals surface area contributed by atoms with Crippen LogP contribution in [0.1, 0.15) is 38.2 Å². The van der Waals surface area contributed by atoms with Crippen molar-refractivity contribution in [3.05, 3.63) is 23.8 Å². The van der Waals surface area contributed by atoms with Gasteiger partial charge in [-0.1, -0.05) is 19.9 Å². The van der Waals surface area contributed by atoms with Crippen molar-refractivity contribution in [3.8, 4) is 11.5 Å². The maximum absolute atomic E-state index is 9.83. The van der Waals surface area contributed by atoms with E-state index in [-0.39, 0.29) is 11.5 Å². The summed E-state index contributed by atoms with van der Waals surface area (Å²) >= 11 is 0. The molecule has 1 aromatic rings. The normalized spacial score (nSPS) is 29.3. The molecule has 0 bridgehead atoms. The van der Waals surface area contributed by atoms with E-state index in [1.165, 1.54) is 5.56 Å². The molecule has 0 spiro atoms. The number of fused-ring (bicyclic) bond motifs is 1. The Morgan fingerprint density at radius 2 is 1.89 bits per heavy atom. The lowest BCUT2D eigenvalue weighted by molar-refractivity contribution is -0.0626. The van der Waals surface area contributed by atoms with Gasteiger partial charge in [0, 0.05) is 6.42 Å². The van der Waals surface area contributed by atoms with Crippen molar-refractivity contribution < 1.29 is 14.6 Å². The van der Waals surface area contributed by atoms with E-state index in [4.69, 9.17) is 9.47 Å². The molecular formula is C15H20O3. The van der Waals surface area contributed by atoms with Gasteiger partial charge in [-0.3, -0.25) is 0 Å². The van der Waals surface area contributed by atoms with Gasteiger partial charge in [-0.25, -0.2) is 0 Å². The molecule has 1 fully saturated rings. The summed E-state index contributed by atoms with van der Waals surface area (Å²) in [6.07, 6.45) is 1.57. The molecule has 3 rings (SSSR count). The quantitative estimate of drug-likeness (QED) is 0.830. The summed E-state index contributed by atoms with van der Waals surface area (Å²) in [4.78, 5) is 0. The molecule has 1 N–H and O–H groups in total. The first-order chi connectivity index (χ1) is 8.59. The van der Waals surface area contributed by atoms with Crippen molar-refractivity contribution in [1.82, 2.24) is 0 Å². The standard InChI is InChI=1S/C15H20O3/c1-15(2)11(9-14(15)16)10-4-5-12-13(8-10)18-7-3-6-17-12/h4-5,8,11,14,16H,3,6-7,9H2,1-2H3. The van der Waals surface area contributed by atoms with Gasteiger partial charge in [0.1, 0.15) is 0 Å². The van der Waals surface area contributed by atoms with Crippen LogP contribution < -0.4 is 9.47 Å². The highest BCUT2D eigenvalue weighted by molar-refractivity contribution is 5.45. The first kappa shape index (κ1) is 11.8. The number of ether oxygens (including phenoxy) is 2. The Bertz CT molecular complexity index is 453. The van der Waals surface area contributed by atoms with Crippen LogP contribution in [0, 0.1) is 5.41 Å².